The summed E-state index contributed by atoms with van der Waals surface area (Å²) < 4.78 is 5.43. The maximum Gasteiger partial charge on any atom is 0.278 e. The summed E-state index contributed by atoms with van der Waals surface area (Å²) in [5.74, 6) is 5.66. The largest absolute Gasteiger partial charge is 0.477 e. The number of aromatic nitrogens is 1. The van der Waals surface area contributed by atoms with E-state index in [1.165, 1.54) is 37.8 Å². The van der Waals surface area contributed by atoms with Gasteiger partial charge in [-0.25, -0.2) is 5.84 Å². The molecule has 112 valence electrons. The maximum absolute atomic E-state index is 10.8. The van der Waals surface area contributed by atoms with E-state index in [2.05, 4.69) is 17.3 Å². The van der Waals surface area contributed by atoms with E-state index in [0.29, 0.717) is 6.61 Å². The Morgan fingerprint density at radius 1 is 1.30 bits per heavy atom. The monoisotopic (exact) mass is 282 g/mol. The zero-order chi connectivity index (χ0) is 14.8. The minimum Gasteiger partial charge on any atom is -0.477 e. The third kappa shape index (κ3) is 5.83. The van der Waals surface area contributed by atoms with Crippen molar-refractivity contribution in [2.75, 3.05) is 12.0 Å². The van der Waals surface area contributed by atoms with Crippen LogP contribution in [0.4, 0.5) is 11.5 Å². The molecular weight excluding hydrogens is 260 g/mol. The van der Waals surface area contributed by atoms with Crippen molar-refractivity contribution in [1.82, 2.24) is 4.98 Å². The standard InChI is InChI=1S/C13H22N4O3/c1-2-3-4-5-6-7-8-20-13-10-11(17(18)19)9-12(15-13)16-14/h9-10H,2-8,14H2,1H3,(H,15,16). The first-order valence-electron chi connectivity index (χ1n) is 6.93. The summed E-state index contributed by atoms with van der Waals surface area (Å²) in [7, 11) is 0. The summed E-state index contributed by atoms with van der Waals surface area (Å²) in [6, 6.07) is 2.57. The van der Waals surface area contributed by atoms with Crippen LogP contribution in [0.2, 0.25) is 0 Å². The van der Waals surface area contributed by atoms with Crippen LogP contribution < -0.4 is 16.0 Å². The van der Waals surface area contributed by atoms with Gasteiger partial charge >= 0.3 is 0 Å². The lowest BCUT2D eigenvalue weighted by Gasteiger charge is -2.07. The summed E-state index contributed by atoms with van der Waals surface area (Å²) >= 11 is 0. The van der Waals surface area contributed by atoms with E-state index in [9.17, 15) is 10.1 Å². The van der Waals surface area contributed by atoms with Crippen molar-refractivity contribution in [3.05, 3.63) is 22.2 Å². The molecule has 0 aliphatic rings. The van der Waals surface area contributed by atoms with Crippen molar-refractivity contribution < 1.29 is 9.66 Å². The highest BCUT2D eigenvalue weighted by Gasteiger charge is 2.11. The highest BCUT2D eigenvalue weighted by Crippen LogP contribution is 2.21. The van der Waals surface area contributed by atoms with Crippen LogP contribution in [-0.4, -0.2) is 16.5 Å². The van der Waals surface area contributed by atoms with Crippen LogP contribution in [0.25, 0.3) is 0 Å². The number of unbranched alkanes of at least 4 members (excludes halogenated alkanes) is 5. The SMILES string of the molecule is CCCCCCCCOc1cc([N+](=O)[O-])cc(NN)n1. The molecule has 1 heterocycles. The number of rotatable bonds is 10. The Morgan fingerprint density at radius 3 is 2.65 bits per heavy atom. The summed E-state index contributed by atoms with van der Waals surface area (Å²) in [5, 5.41) is 10.8. The van der Waals surface area contributed by atoms with Crippen molar-refractivity contribution in [2.24, 2.45) is 5.84 Å². The molecule has 0 bridgehead atoms. The number of nitrogens with one attached hydrogen (secondary N) is 1. The Balaban J connectivity index is 2.39. The zero-order valence-electron chi connectivity index (χ0n) is 11.8. The summed E-state index contributed by atoms with van der Waals surface area (Å²) in [6.07, 6.45) is 6.93. The van der Waals surface area contributed by atoms with Gasteiger partial charge in [0, 0.05) is 0 Å². The first-order valence-corrected chi connectivity index (χ1v) is 6.93. The van der Waals surface area contributed by atoms with E-state index in [0.717, 1.165) is 12.8 Å². The molecule has 0 aromatic carbocycles. The number of nitrogen functional groups attached to an aromatic ring is 1. The molecule has 0 saturated carbocycles. The summed E-state index contributed by atoms with van der Waals surface area (Å²) in [6.45, 7) is 2.68. The van der Waals surface area contributed by atoms with Crippen molar-refractivity contribution >= 4 is 11.5 Å². The van der Waals surface area contributed by atoms with E-state index < -0.39 is 4.92 Å². The van der Waals surface area contributed by atoms with Gasteiger partial charge in [0.15, 0.2) is 5.82 Å². The molecule has 0 atom stereocenters. The zero-order valence-corrected chi connectivity index (χ0v) is 11.8. The van der Waals surface area contributed by atoms with E-state index in [1.54, 1.807) is 0 Å². The lowest BCUT2D eigenvalue weighted by Crippen LogP contribution is -2.10. The van der Waals surface area contributed by atoms with Crippen molar-refractivity contribution in [2.45, 2.75) is 45.4 Å². The third-order valence-electron chi connectivity index (χ3n) is 2.89. The predicted molar refractivity (Wildman–Crippen MR) is 77.6 cm³/mol. The first kappa shape index (κ1) is 16.2. The number of anilines is 1. The van der Waals surface area contributed by atoms with Gasteiger partial charge in [-0.1, -0.05) is 39.0 Å². The molecule has 0 aliphatic carbocycles. The Morgan fingerprint density at radius 2 is 2.00 bits per heavy atom. The second-order valence-electron chi connectivity index (χ2n) is 4.57. The number of hydrazine groups is 1. The van der Waals surface area contributed by atoms with Gasteiger partial charge in [0.2, 0.25) is 5.88 Å². The maximum atomic E-state index is 10.8. The fraction of sp³-hybridized carbons (Fsp3) is 0.615. The van der Waals surface area contributed by atoms with Crippen molar-refractivity contribution in [3.8, 4) is 5.88 Å². The third-order valence-corrected chi connectivity index (χ3v) is 2.89. The Bertz CT molecular complexity index is 426. The van der Waals surface area contributed by atoms with Gasteiger partial charge in [0.1, 0.15) is 0 Å². The number of ether oxygens (including phenoxy) is 1. The van der Waals surface area contributed by atoms with E-state index in [1.807, 2.05) is 0 Å². The highest BCUT2D eigenvalue weighted by atomic mass is 16.6. The van der Waals surface area contributed by atoms with Gasteiger partial charge in [-0.3, -0.25) is 10.1 Å². The molecule has 0 amide bonds. The van der Waals surface area contributed by atoms with Crippen LogP contribution in [0.5, 0.6) is 5.88 Å². The molecule has 0 fully saturated rings. The molecule has 1 rings (SSSR count). The van der Waals surface area contributed by atoms with E-state index in [4.69, 9.17) is 10.6 Å². The average Bonchev–Trinajstić information content (AvgIpc) is 2.46. The number of hydrogen-bond acceptors (Lipinski definition) is 6. The van der Waals surface area contributed by atoms with Crippen molar-refractivity contribution in [1.29, 1.82) is 0 Å². The van der Waals surface area contributed by atoms with Gasteiger partial charge in [0.05, 0.1) is 23.7 Å². The first-order chi connectivity index (χ1) is 9.67. The Labute approximate surface area is 118 Å². The van der Waals surface area contributed by atoms with Crippen LogP contribution in [0.3, 0.4) is 0 Å². The molecule has 1 aromatic heterocycles. The molecule has 0 saturated heterocycles. The quantitative estimate of drug-likeness (QED) is 0.296. The van der Waals surface area contributed by atoms with Crippen LogP contribution in [0, 0.1) is 10.1 Å². The van der Waals surface area contributed by atoms with Crippen molar-refractivity contribution in [3.63, 3.8) is 0 Å². The average molecular weight is 282 g/mol. The molecular formula is C13H22N4O3. The van der Waals surface area contributed by atoms with Gasteiger partial charge in [-0.05, 0) is 6.42 Å². The van der Waals surface area contributed by atoms with Crippen LogP contribution in [-0.2, 0) is 0 Å². The highest BCUT2D eigenvalue weighted by molar-refractivity contribution is 5.47. The normalized spacial score (nSPS) is 10.3. The van der Waals surface area contributed by atoms with Gasteiger partial charge in [0.25, 0.3) is 5.69 Å². The van der Waals surface area contributed by atoms with Crippen LogP contribution >= 0.6 is 0 Å². The second-order valence-corrected chi connectivity index (χ2v) is 4.57. The summed E-state index contributed by atoms with van der Waals surface area (Å²) in [4.78, 5) is 14.3. The number of nitrogens with two attached hydrogens (primary N) is 1. The number of nitro groups is 1. The molecule has 0 unspecified atom stereocenters. The summed E-state index contributed by atoms with van der Waals surface area (Å²) in [5.41, 5.74) is 2.20. The predicted octanol–water partition coefficient (Wildman–Crippen LogP) is 3.01. The Hall–Kier alpha value is -1.89. The number of hydrogen-bond donors (Lipinski definition) is 2. The number of nitrogens with zero attached hydrogens (tertiary/aromatic N) is 2. The molecule has 20 heavy (non-hydrogen) atoms. The van der Waals surface area contributed by atoms with Gasteiger partial charge < -0.3 is 10.2 Å². The lowest BCUT2D eigenvalue weighted by molar-refractivity contribution is -0.384. The fourth-order valence-electron chi connectivity index (χ4n) is 1.80. The minimum atomic E-state index is -0.500. The molecule has 1 aromatic rings. The molecule has 0 aliphatic heterocycles. The Kier molecular flexibility index (Phi) is 7.34. The van der Waals surface area contributed by atoms with Gasteiger partial charge in [-0.15, -0.1) is 0 Å². The fourth-order valence-corrected chi connectivity index (χ4v) is 1.80. The lowest BCUT2D eigenvalue weighted by atomic mass is 10.1. The van der Waals surface area contributed by atoms with E-state index in [-0.39, 0.29) is 17.4 Å². The van der Waals surface area contributed by atoms with Gasteiger partial charge in [-0.2, -0.15) is 4.98 Å². The molecule has 7 nitrogen and oxygen atoms in total. The second kappa shape index (κ2) is 9.08. The minimum absolute atomic E-state index is 0.0918. The molecule has 0 spiro atoms. The smallest absolute Gasteiger partial charge is 0.278 e. The molecule has 3 N–H and O–H groups in total. The number of pyridine rings is 1. The van der Waals surface area contributed by atoms with E-state index >= 15 is 0 Å². The molecule has 0 radical (unpaired) electrons. The topological polar surface area (TPSA) is 103 Å². The molecule has 7 heteroatoms. The van der Waals surface area contributed by atoms with Crippen LogP contribution in [0.15, 0.2) is 12.1 Å². The van der Waals surface area contributed by atoms with Crippen LogP contribution in [0.1, 0.15) is 45.4 Å².